The number of hydrogen-bond donors (Lipinski definition) is 4. The molecule has 0 spiro atoms. The molecule has 0 bridgehead atoms. The third-order valence-corrected chi connectivity index (χ3v) is 5.29. The van der Waals surface area contributed by atoms with Crippen LogP contribution in [0.1, 0.15) is 11.3 Å². The number of anilines is 2. The molecule has 4 N–H and O–H groups in total. The molecule has 2 radical (unpaired) electrons. The quantitative estimate of drug-likeness (QED) is 0.191. The third kappa shape index (κ3) is 4.88. The molecular formula is C18H10BClF8N4O6. The average molecular weight is 577 g/mol. The molecule has 1 aliphatic heterocycles. The molecule has 0 saturated carbocycles. The van der Waals surface area contributed by atoms with Crippen LogP contribution in [0.5, 0.6) is 5.75 Å². The van der Waals surface area contributed by atoms with Crippen molar-refractivity contribution in [1.29, 1.82) is 0 Å². The fourth-order valence-corrected chi connectivity index (χ4v) is 3.18. The molecule has 1 fully saturated rings. The molecule has 1 atom stereocenters. The van der Waals surface area contributed by atoms with Crippen molar-refractivity contribution in [3.05, 3.63) is 46.1 Å². The monoisotopic (exact) mass is 576 g/mol. The van der Waals surface area contributed by atoms with Gasteiger partial charge in [0.25, 0.3) is 5.91 Å². The van der Waals surface area contributed by atoms with Gasteiger partial charge in [0.15, 0.2) is 30.9 Å². The Hall–Kier alpha value is -3.42. The Labute approximate surface area is 211 Å². The van der Waals surface area contributed by atoms with Crippen molar-refractivity contribution in [1.82, 2.24) is 10.3 Å². The Morgan fingerprint density at radius 1 is 1.16 bits per heavy atom. The number of rotatable bonds is 3. The van der Waals surface area contributed by atoms with E-state index in [0.717, 1.165) is 0 Å². The lowest BCUT2D eigenvalue weighted by Crippen LogP contribution is -2.62. The predicted molar refractivity (Wildman–Crippen MR) is 109 cm³/mol. The molecule has 3 rings (SSSR count). The van der Waals surface area contributed by atoms with Crippen molar-refractivity contribution < 1.29 is 64.8 Å². The molecule has 20 heteroatoms. The van der Waals surface area contributed by atoms with E-state index < -0.39 is 92.1 Å². The van der Waals surface area contributed by atoms with Crippen molar-refractivity contribution in [2.24, 2.45) is 0 Å². The number of nitrogens with zero attached hydrogens (tertiary/aromatic N) is 3. The maximum atomic E-state index is 14.3. The van der Waals surface area contributed by atoms with E-state index in [2.05, 4.69) is 9.72 Å². The third-order valence-electron chi connectivity index (χ3n) is 4.94. The van der Waals surface area contributed by atoms with Gasteiger partial charge in [0.1, 0.15) is 22.1 Å². The second kappa shape index (κ2) is 9.10. The summed E-state index contributed by atoms with van der Waals surface area (Å²) in [6, 6.07) is -1.47. The molecule has 2 heterocycles. The first-order chi connectivity index (χ1) is 17.1. The zero-order valence-electron chi connectivity index (χ0n) is 18.1. The molecule has 0 aliphatic carbocycles. The summed E-state index contributed by atoms with van der Waals surface area (Å²) in [4.78, 5) is 27.1. The molecule has 204 valence electrons. The number of alkyl halides is 6. The summed E-state index contributed by atoms with van der Waals surface area (Å²) < 4.78 is 114. The van der Waals surface area contributed by atoms with E-state index >= 15 is 0 Å². The van der Waals surface area contributed by atoms with Crippen molar-refractivity contribution in [3.63, 3.8) is 0 Å². The Bertz CT molecular complexity index is 1320. The van der Waals surface area contributed by atoms with E-state index in [-0.39, 0.29) is 4.90 Å². The van der Waals surface area contributed by atoms with Gasteiger partial charge in [-0.3, -0.25) is 10.2 Å². The molecule has 1 aromatic carbocycles. The Morgan fingerprint density at radius 2 is 1.74 bits per heavy atom. The number of hydrogen-bond acceptors (Lipinski definition) is 7. The highest BCUT2D eigenvalue weighted by Crippen LogP contribution is 2.47. The molecule has 2 aromatic rings. The van der Waals surface area contributed by atoms with Crippen LogP contribution in [0.4, 0.5) is 56.2 Å². The summed E-state index contributed by atoms with van der Waals surface area (Å²) in [6.45, 7) is 0. The summed E-state index contributed by atoms with van der Waals surface area (Å²) in [7, 11) is 5.86. The zero-order valence-corrected chi connectivity index (χ0v) is 18.9. The first-order valence-electron chi connectivity index (χ1n) is 9.48. The number of benzene rings is 1. The van der Waals surface area contributed by atoms with Crippen LogP contribution in [0.25, 0.3) is 0 Å². The number of aromatic nitrogens is 1. The minimum atomic E-state index is -5.78. The molecule has 1 saturated heterocycles. The van der Waals surface area contributed by atoms with Gasteiger partial charge in [-0.2, -0.15) is 26.3 Å². The van der Waals surface area contributed by atoms with Crippen LogP contribution in [0.15, 0.2) is 18.2 Å². The van der Waals surface area contributed by atoms with Gasteiger partial charge in [-0.15, -0.1) is 0 Å². The second-order valence-corrected chi connectivity index (χ2v) is 7.87. The smallest absolute Gasteiger partial charge is 0.405 e. The number of urea groups is 1. The molecule has 1 aromatic heterocycles. The van der Waals surface area contributed by atoms with Gasteiger partial charge in [-0.1, -0.05) is 11.6 Å². The maximum absolute atomic E-state index is 14.3. The van der Waals surface area contributed by atoms with Crippen LogP contribution < -0.4 is 19.9 Å². The lowest BCUT2D eigenvalue weighted by molar-refractivity contribution is -0.238. The van der Waals surface area contributed by atoms with Gasteiger partial charge in [0, 0.05) is 7.05 Å². The highest BCUT2D eigenvalue weighted by Gasteiger charge is 2.60. The first-order valence-corrected chi connectivity index (χ1v) is 9.86. The predicted octanol–water partition coefficient (Wildman–Crippen LogP) is 2.67. The summed E-state index contributed by atoms with van der Waals surface area (Å²) in [5.41, 5.74) is -9.53. The fraction of sp³-hybridized carbons (Fsp3) is 0.278. The van der Waals surface area contributed by atoms with Crippen LogP contribution in [0.3, 0.4) is 0 Å². The molecular weight excluding hydrogens is 566 g/mol. The number of carbonyl (C=O) groups excluding carboxylic acids is 2. The van der Waals surface area contributed by atoms with Gasteiger partial charge in [-0.25, -0.2) is 28.3 Å². The lowest BCUT2D eigenvalue weighted by atomic mass is 9.86. The molecule has 1 unspecified atom stereocenters. The number of carbonyl (C=O) groups is 2. The Balaban J connectivity index is 2.27. The van der Waals surface area contributed by atoms with Crippen LogP contribution in [-0.4, -0.2) is 58.9 Å². The van der Waals surface area contributed by atoms with E-state index in [9.17, 15) is 60.0 Å². The van der Waals surface area contributed by atoms with Crippen LogP contribution >= 0.6 is 11.6 Å². The van der Waals surface area contributed by atoms with E-state index in [1.807, 2.05) is 0 Å². The first kappa shape index (κ1) is 29.1. The average Bonchev–Trinajstić information content (AvgIpc) is 2.92. The summed E-state index contributed by atoms with van der Waals surface area (Å²) in [5.74, 6) is -10.7. The van der Waals surface area contributed by atoms with E-state index in [4.69, 9.17) is 19.4 Å². The van der Waals surface area contributed by atoms with Crippen molar-refractivity contribution in [3.8, 4) is 5.75 Å². The van der Waals surface area contributed by atoms with Crippen molar-refractivity contribution in [2.45, 2.75) is 23.9 Å². The SMILES string of the molecule is [B]C1(O)N(c2nc(C(F)(F)F)cc(C(F)(F)F)c2OC(=O)N(C)c2ccc(F)c(Cl)c2F)C(=O)NC1(O)O. The van der Waals surface area contributed by atoms with Gasteiger partial charge in [-0.05, 0) is 18.2 Å². The van der Waals surface area contributed by atoms with Gasteiger partial charge in [0.05, 0.1) is 5.69 Å². The van der Waals surface area contributed by atoms with Gasteiger partial charge >= 0.3 is 24.5 Å². The number of aliphatic hydroxyl groups is 3. The summed E-state index contributed by atoms with van der Waals surface area (Å²) in [5, 5.41) is 29.6. The largest absolute Gasteiger partial charge is 0.433 e. The zero-order chi connectivity index (χ0) is 29.2. The highest BCUT2D eigenvalue weighted by atomic mass is 35.5. The standard InChI is InChI=1S/C18H10BClF8N4O6/c1-31(7-3-2-6(21)9(20)10(7)22)14(34)38-11-5(15(23,24)25)4-8(16(26,27)28)29-12(11)32-13(33)30-18(36,37)17(32,19)35/h2-4,35-37H,1H3,(H,30,33). The highest BCUT2D eigenvalue weighted by molar-refractivity contribution is 6.31. The van der Waals surface area contributed by atoms with E-state index in [0.29, 0.717) is 19.2 Å². The summed E-state index contributed by atoms with van der Waals surface area (Å²) in [6.07, 6.45) is -13.4. The van der Waals surface area contributed by atoms with Crippen molar-refractivity contribution in [2.75, 3.05) is 16.8 Å². The molecule has 3 amide bonds. The lowest BCUT2D eigenvalue weighted by Gasteiger charge is -2.35. The minimum Gasteiger partial charge on any atom is -0.405 e. The Morgan fingerprint density at radius 3 is 2.21 bits per heavy atom. The van der Waals surface area contributed by atoms with Crippen LogP contribution in [0.2, 0.25) is 5.02 Å². The van der Waals surface area contributed by atoms with Gasteiger partial charge in [0.2, 0.25) is 0 Å². The molecule has 38 heavy (non-hydrogen) atoms. The van der Waals surface area contributed by atoms with E-state index in [1.54, 1.807) is 0 Å². The summed E-state index contributed by atoms with van der Waals surface area (Å²) >= 11 is 5.39. The number of pyridine rings is 1. The maximum Gasteiger partial charge on any atom is 0.433 e. The number of amides is 3. The topological polar surface area (TPSA) is 135 Å². The molecule has 10 nitrogen and oxygen atoms in total. The van der Waals surface area contributed by atoms with Gasteiger partial charge < -0.3 is 20.1 Å². The van der Waals surface area contributed by atoms with E-state index in [1.165, 1.54) is 5.32 Å². The second-order valence-electron chi connectivity index (χ2n) is 7.49. The Kier molecular flexibility index (Phi) is 6.98. The van der Waals surface area contributed by atoms with Crippen molar-refractivity contribution >= 4 is 43.1 Å². The minimum absolute atomic E-state index is 0.114. The van der Waals surface area contributed by atoms with Crippen LogP contribution in [-0.2, 0) is 12.4 Å². The normalized spacial score (nSPS) is 19.4. The number of ether oxygens (including phenoxy) is 1. The molecule has 1 aliphatic rings. The fourth-order valence-electron chi connectivity index (χ4n) is 3.02. The number of nitrogens with one attached hydrogen (secondary N) is 1. The number of halogens is 9. The van der Waals surface area contributed by atoms with Crippen LogP contribution in [0, 0.1) is 11.6 Å².